The standard InChI is InChI=1S/C15H17NS/c1-11-13(7-10-17-11)14(16)15(8-9-15)12-5-3-2-4-6-12/h2-7,10,14H,8-9,16H2,1H3. The van der Waals surface area contributed by atoms with Crippen LogP contribution in [0.5, 0.6) is 0 Å². The topological polar surface area (TPSA) is 26.0 Å². The van der Waals surface area contributed by atoms with Gasteiger partial charge >= 0.3 is 0 Å². The lowest BCUT2D eigenvalue weighted by atomic mass is 9.85. The summed E-state index contributed by atoms with van der Waals surface area (Å²) in [5, 5.41) is 2.14. The molecular weight excluding hydrogens is 226 g/mol. The van der Waals surface area contributed by atoms with E-state index in [0.29, 0.717) is 0 Å². The summed E-state index contributed by atoms with van der Waals surface area (Å²) in [7, 11) is 0. The Morgan fingerprint density at radius 3 is 2.41 bits per heavy atom. The number of rotatable bonds is 3. The molecule has 0 bridgehead atoms. The summed E-state index contributed by atoms with van der Waals surface area (Å²) in [6, 6.07) is 13.1. The van der Waals surface area contributed by atoms with Gasteiger partial charge < -0.3 is 5.73 Å². The van der Waals surface area contributed by atoms with E-state index in [4.69, 9.17) is 5.73 Å². The van der Waals surface area contributed by atoms with Crippen LogP contribution in [-0.4, -0.2) is 0 Å². The van der Waals surface area contributed by atoms with E-state index in [2.05, 4.69) is 48.7 Å². The van der Waals surface area contributed by atoms with E-state index >= 15 is 0 Å². The fraction of sp³-hybridized carbons (Fsp3) is 0.333. The maximum Gasteiger partial charge on any atom is 0.0404 e. The summed E-state index contributed by atoms with van der Waals surface area (Å²) < 4.78 is 0. The Hall–Kier alpha value is -1.12. The number of hydrogen-bond donors (Lipinski definition) is 1. The molecule has 0 aliphatic heterocycles. The number of thiophene rings is 1. The van der Waals surface area contributed by atoms with Crippen molar-refractivity contribution in [2.45, 2.75) is 31.2 Å². The van der Waals surface area contributed by atoms with E-state index in [1.165, 1.54) is 28.8 Å². The summed E-state index contributed by atoms with van der Waals surface area (Å²) in [4.78, 5) is 1.36. The Balaban J connectivity index is 1.97. The van der Waals surface area contributed by atoms with Crippen LogP contribution in [0.1, 0.15) is 34.9 Å². The first-order valence-corrected chi connectivity index (χ1v) is 6.97. The van der Waals surface area contributed by atoms with Gasteiger partial charge in [0.15, 0.2) is 0 Å². The maximum atomic E-state index is 6.52. The second kappa shape index (κ2) is 3.97. The smallest absolute Gasteiger partial charge is 0.0404 e. The second-order valence-corrected chi connectivity index (χ2v) is 6.05. The second-order valence-electron chi connectivity index (χ2n) is 4.93. The zero-order valence-electron chi connectivity index (χ0n) is 10.0. The summed E-state index contributed by atoms with van der Waals surface area (Å²) in [6.07, 6.45) is 2.43. The predicted molar refractivity (Wildman–Crippen MR) is 73.3 cm³/mol. The van der Waals surface area contributed by atoms with Crippen molar-refractivity contribution in [3.8, 4) is 0 Å². The van der Waals surface area contributed by atoms with Crippen LogP contribution < -0.4 is 5.73 Å². The van der Waals surface area contributed by atoms with Crippen LogP contribution in [0.3, 0.4) is 0 Å². The van der Waals surface area contributed by atoms with Crippen LogP contribution in [0.4, 0.5) is 0 Å². The Morgan fingerprint density at radius 2 is 1.88 bits per heavy atom. The van der Waals surface area contributed by atoms with Crippen LogP contribution in [0.15, 0.2) is 41.8 Å². The molecule has 1 saturated carbocycles. The van der Waals surface area contributed by atoms with Crippen LogP contribution in [0.25, 0.3) is 0 Å². The molecule has 1 aliphatic carbocycles. The molecular formula is C15H17NS. The van der Waals surface area contributed by atoms with E-state index in [-0.39, 0.29) is 11.5 Å². The lowest BCUT2D eigenvalue weighted by Gasteiger charge is -2.24. The highest BCUT2D eigenvalue weighted by molar-refractivity contribution is 7.10. The van der Waals surface area contributed by atoms with Crippen molar-refractivity contribution in [1.82, 2.24) is 0 Å². The van der Waals surface area contributed by atoms with Gasteiger partial charge in [-0.3, -0.25) is 0 Å². The lowest BCUT2D eigenvalue weighted by Crippen LogP contribution is -2.26. The van der Waals surface area contributed by atoms with E-state index < -0.39 is 0 Å². The predicted octanol–water partition coefficient (Wildman–Crippen LogP) is 3.79. The van der Waals surface area contributed by atoms with Gasteiger partial charge in [0.1, 0.15) is 0 Å². The van der Waals surface area contributed by atoms with Crippen molar-refractivity contribution >= 4 is 11.3 Å². The Labute approximate surface area is 106 Å². The summed E-state index contributed by atoms with van der Waals surface area (Å²) in [6.45, 7) is 2.17. The Bertz CT molecular complexity index is 511. The Kier molecular flexibility index (Phi) is 2.57. The van der Waals surface area contributed by atoms with Crippen molar-refractivity contribution in [2.75, 3.05) is 0 Å². The zero-order chi connectivity index (χ0) is 11.9. The molecule has 1 aromatic carbocycles. The third-order valence-corrected chi connectivity index (χ3v) is 4.83. The molecule has 1 aliphatic rings. The molecule has 1 atom stereocenters. The van der Waals surface area contributed by atoms with Gasteiger partial charge in [0.25, 0.3) is 0 Å². The molecule has 1 unspecified atom stereocenters. The van der Waals surface area contributed by atoms with Gasteiger partial charge in [0.2, 0.25) is 0 Å². The summed E-state index contributed by atoms with van der Waals surface area (Å²) in [5.41, 5.74) is 9.45. The van der Waals surface area contributed by atoms with Crippen molar-refractivity contribution < 1.29 is 0 Å². The van der Waals surface area contributed by atoms with Gasteiger partial charge in [-0.1, -0.05) is 30.3 Å². The third-order valence-electron chi connectivity index (χ3n) is 3.97. The fourth-order valence-corrected chi connectivity index (χ4v) is 3.45. The quantitative estimate of drug-likeness (QED) is 0.872. The molecule has 0 radical (unpaired) electrons. The molecule has 1 heterocycles. The third kappa shape index (κ3) is 1.72. The minimum atomic E-state index is 0.149. The molecule has 0 spiro atoms. The average molecular weight is 243 g/mol. The van der Waals surface area contributed by atoms with Gasteiger partial charge in [0, 0.05) is 16.3 Å². The van der Waals surface area contributed by atoms with E-state index in [0.717, 1.165) is 0 Å². The van der Waals surface area contributed by atoms with Gasteiger partial charge in [-0.15, -0.1) is 11.3 Å². The molecule has 0 amide bonds. The minimum Gasteiger partial charge on any atom is -0.323 e. The van der Waals surface area contributed by atoms with Crippen LogP contribution in [0, 0.1) is 6.92 Å². The fourth-order valence-electron chi connectivity index (χ4n) is 2.70. The molecule has 2 heteroatoms. The average Bonchev–Trinajstić information content (AvgIpc) is 3.07. The van der Waals surface area contributed by atoms with Crippen LogP contribution in [-0.2, 0) is 5.41 Å². The van der Waals surface area contributed by atoms with Crippen molar-refractivity contribution in [3.63, 3.8) is 0 Å². The van der Waals surface area contributed by atoms with Crippen LogP contribution >= 0.6 is 11.3 Å². The highest BCUT2D eigenvalue weighted by atomic mass is 32.1. The van der Waals surface area contributed by atoms with Gasteiger partial charge in [-0.2, -0.15) is 0 Å². The monoisotopic (exact) mass is 243 g/mol. The lowest BCUT2D eigenvalue weighted by molar-refractivity contribution is 0.541. The zero-order valence-corrected chi connectivity index (χ0v) is 10.8. The van der Waals surface area contributed by atoms with Crippen molar-refractivity contribution in [1.29, 1.82) is 0 Å². The number of aryl methyl sites for hydroxylation is 1. The molecule has 88 valence electrons. The SMILES string of the molecule is Cc1sccc1C(N)C1(c2ccccc2)CC1. The molecule has 1 aromatic heterocycles. The molecule has 1 fully saturated rings. The van der Waals surface area contributed by atoms with Crippen molar-refractivity contribution in [3.05, 3.63) is 57.8 Å². The van der Waals surface area contributed by atoms with Gasteiger partial charge in [-0.05, 0) is 42.3 Å². The molecule has 2 aromatic rings. The van der Waals surface area contributed by atoms with Crippen molar-refractivity contribution in [2.24, 2.45) is 5.73 Å². The molecule has 0 saturated heterocycles. The molecule has 1 nitrogen and oxygen atoms in total. The molecule has 3 rings (SSSR count). The first-order chi connectivity index (χ1) is 8.24. The van der Waals surface area contributed by atoms with Crippen LogP contribution in [0.2, 0.25) is 0 Å². The maximum absolute atomic E-state index is 6.52. The van der Waals surface area contributed by atoms with E-state index in [9.17, 15) is 0 Å². The highest BCUT2D eigenvalue weighted by Crippen LogP contribution is 2.56. The van der Waals surface area contributed by atoms with E-state index in [1.54, 1.807) is 11.3 Å². The molecule has 2 N–H and O–H groups in total. The van der Waals surface area contributed by atoms with Gasteiger partial charge in [0.05, 0.1) is 0 Å². The minimum absolute atomic E-state index is 0.149. The largest absolute Gasteiger partial charge is 0.323 e. The number of benzene rings is 1. The number of nitrogens with two attached hydrogens (primary N) is 1. The first-order valence-electron chi connectivity index (χ1n) is 6.09. The summed E-state index contributed by atoms with van der Waals surface area (Å²) in [5.74, 6) is 0. The highest BCUT2D eigenvalue weighted by Gasteiger charge is 2.50. The number of hydrogen-bond acceptors (Lipinski definition) is 2. The first kappa shape index (κ1) is 11.0. The normalized spacial score (nSPS) is 18.9. The van der Waals surface area contributed by atoms with Gasteiger partial charge in [-0.25, -0.2) is 0 Å². The summed E-state index contributed by atoms with van der Waals surface area (Å²) >= 11 is 1.79. The molecule has 17 heavy (non-hydrogen) atoms. The van der Waals surface area contributed by atoms with E-state index in [1.807, 2.05) is 0 Å². The Morgan fingerprint density at radius 1 is 1.18 bits per heavy atom.